The van der Waals surface area contributed by atoms with Gasteiger partial charge in [-0.25, -0.2) is 0 Å². The van der Waals surface area contributed by atoms with Crippen molar-refractivity contribution in [3.8, 4) is 11.1 Å². The molecule has 134 valence electrons. The molecule has 3 aromatic rings. The molecule has 0 aliphatic carbocycles. The van der Waals surface area contributed by atoms with Gasteiger partial charge >= 0.3 is 0 Å². The van der Waals surface area contributed by atoms with Crippen LogP contribution in [0.5, 0.6) is 0 Å². The fourth-order valence-corrected chi connectivity index (χ4v) is 3.62. The number of primary amides is 1. The van der Waals surface area contributed by atoms with E-state index in [2.05, 4.69) is 69.1 Å². The molecule has 26 heavy (non-hydrogen) atoms. The van der Waals surface area contributed by atoms with Crippen LogP contribution in [0.15, 0.2) is 48.7 Å². The number of benzene rings is 2. The van der Waals surface area contributed by atoms with Gasteiger partial charge < -0.3 is 5.73 Å². The third-order valence-electron chi connectivity index (χ3n) is 4.86. The maximum absolute atomic E-state index is 11.7. The maximum Gasteiger partial charge on any atom is 0.221 e. The van der Waals surface area contributed by atoms with E-state index in [1.807, 2.05) is 12.3 Å². The number of nitrogens with two attached hydrogens (primary N) is 1. The van der Waals surface area contributed by atoms with Crippen molar-refractivity contribution in [2.24, 2.45) is 5.73 Å². The molecule has 0 fully saturated rings. The zero-order valence-electron chi connectivity index (χ0n) is 15.9. The molecule has 0 radical (unpaired) electrons. The third kappa shape index (κ3) is 3.48. The standard InChI is InChI=1S/C23H26N2O/c1-14(2)19-11-17(12-20(15(3)4)21(19)13-22(24)26)18-9-5-7-16-8-6-10-25-23(16)18/h5-12,14-15H,13H2,1-4H3,(H2,24,26). The molecule has 0 saturated carbocycles. The topological polar surface area (TPSA) is 56.0 Å². The van der Waals surface area contributed by atoms with Gasteiger partial charge in [0, 0.05) is 17.1 Å². The lowest BCUT2D eigenvalue weighted by molar-refractivity contribution is -0.117. The Kier molecular flexibility index (Phi) is 5.08. The fraction of sp³-hybridized carbons (Fsp3) is 0.304. The van der Waals surface area contributed by atoms with E-state index < -0.39 is 0 Å². The van der Waals surface area contributed by atoms with Crippen LogP contribution in [0.3, 0.4) is 0 Å². The summed E-state index contributed by atoms with van der Waals surface area (Å²) in [5, 5.41) is 1.13. The van der Waals surface area contributed by atoms with Crippen LogP contribution in [-0.2, 0) is 11.2 Å². The third-order valence-corrected chi connectivity index (χ3v) is 4.86. The Hall–Kier alpha value is -2.68. The summed E-state index contributed by atoms with van der Waals surface area (Å²) in [6.45, 7) is 8.65. The summed E-state index contributed by atoms with van der Waals surface area (Å²) in [7, 11) is 0. The van der Waals surface area contributed by atoms with E-state index in [9.17, 15) is 4.79 Å². The van der Waals surface area contributed by atoms with Gasteiger partial charge in [-0.05, 0) is 40.2 Å². The Balaban J connectivity index is 2.30. The Morgan fingerprint density at radius 3 is 2.19 bits per heavy atom. The molecule has 2 N–H and O–H groups in total. The van der Waals surface area contributed by atoms with Gasteiger partial charge in [0.15, 0.2) is 0 Å². The lowest BCUT2D eigenvalue weighted by Gasteiger charge is -2.21. The summed E-state index contributed by atoms with van der Waals surface area (Å²) in [5.41, 5.74) is 12.3. The highest BCUT2D eigenvalue weighted by Gasteiger charge is 2.18. The van der Waals surface area contributed by atoms with Crippen LogP contribution in [0.25, 0.3) is 22.0 Å². The molecule has 0 bridgehead atoms. The lowest BCUT2D eigenvalue weighted by atomic mass is 9.83. The molecule has 0 aliphatic rings. The van der Waals surface area contributed by atoms with Crippen LogP contribution in [0.4, 0.5) is 0 Å². The first-order chi connectivity index (χ1) is 12.4. The minimum Gasteiger partial charge on any atom is -0.369 e. The molecule has 0 atom stereocenters. The van der Waals surface area contributed by atoms with Gasteiger partial charge in [-0.3, -0.25) is 9.78 Å². The van der Waals surface area contributed by atoms with E-state index in [0.717, 1.165) is 27.6 Å². The molecular weight excluding hydrogens is 320 g/mol. The van der Waals surface area contributed by atoms with Crippen LogP contribution < -0.4 is 5.73 Å². The molecule has 0 unspecified atom stereocenters. The number of fused-ring (bicyclic) bond motifs is 1. The Bertz CT molecular complexity index is 923. The van der Waals surface area contributed by atoms with E-state index >= 15 is 0 Å². The SMILES string of the molecule is CC(C)c1cc(-c2cccc3cccnc23)cc(C(C)C)c1CC(N)=O. The molecule has 1 amide bonds. The van der Waals surface area contributed by atoms with E-state index in [4.69, 9.17) is 5.73 Å². The fourth-order valence-electron chi connectivity index (χ4n) is 3.62. The van der Waals surface area contributed by atoms with Crippen LogP contribution in [-0.4, -0.2) is 10.9 Å². The zero-order chi connectivity index (χ0) is 18.8. The maximum atomic E-state index is 11.7. The van der Waals surface area contributed by atoms with Crippen LogP contribution in [0, 0.1) is 0 Å². The predicted octanol–water partition coefficient (Wildman–Crippen LogP) is 5.18. The largest absolute Gasteiger partial charge is 0.369 e. The number of para-hydroxylation sites is 1. The van der Waals surface area contributed by atoms with Crippen LogP contribution in [0.1, 0.15) is 56.2 Å². The Morgan fingerprint density at radius 1 is 1.00 bits per heavy atom. The molecule has 3 nitrogen and oxygen atoms in total. The van der Waals surface area contributed by atoms with Crippen molar-refractivity contribution in [2.45, 2.75) is 46.0 Å². The number of hydrogen-bond donors (Lipinski definition) is 1. The summed E-state index contributed by atoms with van der Waals surface area (Å²) in [6.07, 6.45) is 2.12. The second-order valence-electron chi connectivity index (χ2n) is 7.47. The van der Waals surface area contributed by atoms with Crippen molar-refractivity contribution in [3.63, 3.8) is 0 Å². The van der Waals surface area contributed by atoms with Gasteiger partial charge in [-0.15, -0.1) is 0 Å². The number of carbonyl (C=O) groups is 1. The molecule has 3 rings (SSSR count). The first-order valence-corrected chi connectivity index (χ1v) is 9.17. The highest BCUT2D eigenvalue weighted by Crippen LogP contribution is 2.35. The van der Waals surface area contributed by atoms with E-state index in [-0.39, 0.29) is 12.3 Å². The molecular formula is C23H26N2O. The molecule has 0 saturated heterocycles. The number of pyridine rings is 1. The van der Waals surface area contributed by atoms with Crippen molar-refractivity contribution >= 4 is 16.8 Å². The second kappa shape index (κ2) is 7.28. The number of aromatic nitrogens is 1. The van der Waals surface area contributed by atoms with Gasteiger partial charge in [0.25, 0.3) is 0 Å². The molecule has 0 aliphatic heterocycles. The number of rotatable bonds is 5. The number of amides is 1. The van der Waals surface area contributed by atoms with Crippen molar-refractivity contribution in [1.82, 2.24) is 4.98 Å². The van der Waals surface area contributed by atoms with Crippen molar-refractivity contribution in [2.75, 3.05) is 0 Å². The summed E-state index contributed by atoms with van der Waals surface area (Å²) in [6, 6.07) is 14.7. The van der Waals surface area contributed by atoms with Crippen LogP contribution in [0.2, 0.25) is 0 Å². The van der Waals surface area contributed by atoms with E-state index in [1.165, 1.54) is 11.1 Å². The smallest absolute Gasteiger partial charge is 0.221 e. The molecule has 1 heterocycles. The summed E-state index contributed by atoms with van der Waals surface area (Å²) in [5.74, 6) is 0.336. The zero-order valence-corrected chi connectivity index (χ0v) is 15.9. The average molecular weight is 346 g/mol. The van der Waals surface area contributed by atoms with Crippen LogP contribution >= 0.6 is 0 Å². The number of nitrogens with zero attached hydrogens (tertiary/aromatic N) is 1. The molecule has 0 spiro atoms. The summed E-state index contributed by atoms with van der Waals surface area (Å²) < 4.78 is 0. The van der Waals surface area contributed by atoms with Crippen molar-refractivity contribution in [1.29, 1.82) is 0 Å². The average Bonchev–Trinajstić information content (AvgIpc) is 2.60. The highest BCUT2D eigenvalue weighted by molar-refractivity contribution is 5.94. The van der Waals surface area contributed by atoms with Gasteiger partial charge in [0.1, 0.15) is 0 Å². The Labute approximate surface area is 155 Å². The van der Waals surface area contributed by atoms with Gasteiger partial charge in [-0.1, -0.05) is 64.1 Å². The number of hydrogen-bond acceptors (Lipinski definition) is 2. The monoisotopic (exact) mass is 346 g/mol. The van der Waals surface area contributed by atoms with Crippen molar-refractivity contribution in [3.05, 3.63) is 65.4 Å². The van der Waals surface area contributed by atoms with E-state index in [1.54, 1.807) is 0 Å². The second-order valence-corrected chi connectivity index (χ2v) is 7.47. The number of carbonyl (C=O) groups excluding carboxylic acids is 1. The summed E-state index contributed by atoms with van der Waals surface area (Å²) >= 11 is 0. The highest BCUT2D eigenvalue weighted by atomic mass is 16.1. The molecule has 1 aromatic heterocycles. The predicted molar refractivity (Wildman–Crippen MR) is 108 cm³/mol. The summed E-state index contributed by atoms with van der Waals surface area (Å²) in [4.78, 5) is 16.3. The van der Waals surface area contributed by atoms with Gasteiger partial charge in [-0.2, -0.15) is 0 Å². The first-order valence-electron chi connectivity index (χ1n) is 9.17. The van der Waals surface area contributed by atoms with Gasteiger partial charge in [0.05, 0.1) is 11.9 Å². The minimum absolute atomic E-state index is 0.284. The Morgan fingerprint density at radius 2 is 1.62 bits per heavy atom. The molecule has 3 heteroatoms. The normalized spacial score (nSPS) is 11.5. The van der Waals surface area contributed by atoms with E-state index in [0.29, 0.717) is 11.8 Å². The van der Waals surface area contributed by atoms with Gasteiger partial charge in [0.2, 0.25) is 5.91 Å². The van der Waals surface area contributed by atoms with Crippen molar-refractivity contribution < 1.29 is 4.79 Å². The lowest BCUT2D eigenvalue weighted by Crippen LogP contribution is -2.17. The minimum atomic E-state index is -0.284. The quantitative estimate of drug-likeness (QED) is 0.692. The first kappa shape index (κ1) is 18.1. The molecule has 2 aromatic carbocycles.